The molecule has 0 aliphatic rings. The van der Waals surface area contributed by atoms with Crippen LogP contribution in [0.15, 0.2) is 66.7 Å². The van der Waals surface area contributed by atoms with Crippen LogP contribution in [0, 0.1) is 5.92 Å². The minimum absolute atomic E-state index is 0.0202. The minimum atomic E-state index is -0.982. The molecule has 0 heterocycles. The van der Waals surface area contributed by atoms with Gasteiger partial charge in [0.25, 0.3) is 5.91 Å². The lowest BCUT2D eigenvalue weighted by atomic mass is 9.86. The minimum Gasteiger partial charge on any atom is -0.481 e. The lowest BCUT2D eigenvalue weighted by molar-refractivity contribution is -0.136. The molecule has 3 aromatic carbocycles. The van der Waals surface area contributed by atoms with Crippen LogP contribution in [0.2, 0.25) is 0 Å². The van der Waals surface area contributed by atoms with Crippen LogP contribution in [0.5, 0.6) is 0 Å². The van der Waals surface area contributed by atoms with Crippen LogP contribution in [-0.4, -0.2) is 29.3 Å². The zero-order chi connectivity index (χ0) is 25.4. The zero-order valence-corrected chi connectivity index (χ0v) is 20.6. The van der Waals surface area contributed by atoms with Crippen molar-refractivity contribution in [1.29, 1.82) is 0 Å². The number of carbonyl (C=O) groups excluding carboxylic acids is 2. The largest absolute Gasteiger partial charge is 0.481 e. The number of nitrogens with one attached hydrogen (secondary N) is 1. The van der Waals surface area contributed by atoms with E-state index >= 15 is 0 Å². The van der Waals surface area contributed by atoms with Gasteiger partial charge >= 0.3 is 5.97 Å². The van der Waals surface area contributed by atoms with Gasteiger partial charge in [0.05, 0.1) is 6.42 Å². The second-order valence-electron chi connectivity index (χ2n) is 9.07. The Morgan fingerprint density at radius 2 is 1.54 bits per heavy atom. The third-order valence-corrected chi connectivity index (χ3v) is 6.06. The Bertz CT molecular complexity index is 1180. The van der Waals surface area contributed by atoms with Crippen molar-refractivity contribution in [3.8, 4) is 22.3 Å². The first-order chi connectivity index (χ1) is 16.8. The number of hydrogen-bond acceptors (Lipinski definition) is 3. The number of hydrogen-bond donors (Lipinski definition) is 2. The van der Waals surface area contributed by atoms with E-state index in [9.17, 15) is 14.4 Å². The van der Waals surface area contributed by atoms with E-state index in [0.29, 0.717) is 23.6 Å². The Balaban J connectivity index is 2.01. The number of aliphatic carboxylic acids is 1. The maximum absolute atomic E-state index is 13.2. The Morgan fingerprint density at radius 1 is 0.857 bits per heavy atom. The first-order valence-electron chi connectivity index (χ1n) is 12.2. The van der Waals surface area contributed by atoms with Crippen molar-refractivity contribution in [2.45, 2.75) is 46.5 Å². The van der Waals surface area contributed by atoms with Crippen LogP contribution >= 0.6 is 0 Å². The summed E-state index contributed by atoms with van der Waals surface area (Å²) < 4.78 is 0. The van der Waals surface area contributed by atoms with Gasteiger partial charge in [-0.05, 0) is 52.6 Å². The molecule has 0 saturated carbocycles. The second kappa shape index (κ2) is 12.1. The Kier molecular flexibility index (Phi) is 8.96. The average molecular weight is 472 g/mol. The Hall–Kier alpha value is -3.73. The molecule has 0 aromatic heterocycles. The molecule has 0 unspecified atom stereocenters. The molecule has 2 N–H and O–H groups in total. The van der Waals surface area contributed by atoms with Crippen LogP contribution in [-0.2, 0) is 11.2 Å². The predicted molar refractivity (Wildman–Crippen MR) is 140 cm³/mol. The van der Waals surface area contributed by atoms with Gasteiger partial charge in [0.1, 0.15) is 0 Å². The molecule has 0 aliphatic heterocycles. The van der Waals surface area contributed by atoms with E-state index in [2.05, 4.69) is 26.1 Å². The summed E-state index contributed by atoms with van der Waals surface area (Å²) in [5, 5.41) is 11.9. The summed E-state index contributed by atoms with van der Waals surface area (Å²) in [6, 6.07) is 21.1. The zero-order valence-electron chi connectivity index (χ0n) is 20.6. The Morgan fingerprint density at radius 3 is 2.14 bits per heavy atom. The first-order valence-corrected chi connectivity index (χ1v) is 12.2. The van der Waals surface area contributed by atoms with E-state index < -0.39 is 5.97 Å². The molecule has 3 rings (SSSR count). The molecule has 5 heteroatoms. The number of carbonyl (C=O) groups is 3. The predicted octanol–water partition coefficient (Wildman–Crippen LogP) is 6.41. The fourth-order valence-corrected chi connectivity index (χ4v) is 4.18. The van der Waals surface area contributed by atoms with Crippen molar-refractivity contribution >= 4 is 17.7 Å². The maximum atomic E-state index is 13.2. The number of amides is 1. The smallest absolute Gasteiger partial charge is 0.303 e. The van der Waals surface area contributed by atoms with Crippen LogP contribution < -0.4 is 5.32 Å². The molecule has 0 bridgehead atoms. The number of carboxylic acids is 1. The molecular formula is C30H33NO4. The number of rotatable bonds is 11. The van der Waals surface area contributed by atoms with E-state index in [1.807, 2.05) is 54.6 Å². The highest BCUT2D eigenvalue weighted by Crippen LogP contribution is 2.36. The molecule has 5 nitrogen and oxygen atoms in total. The molecule has 3 aromatic rings. The topological polar surface area (TPSA) is 83.5 Å². The Labute approximate surface area is 207 Å². The van der Waals surface area contributed by atoms with Gasteiger partial charge in [0, 0.05) is 24.1 Å². The number of benzene rings is 3. The number of Topliss-reactive ketones (excluding diaryl/α,β-unsaturated/α-hetero) is 1. The second-order valence-corrected chi connectivity index (χ2v) is 9.07. The van der Waals surface area contributed by atoms with Gasteiger partial charge in [-0.25, -0.2) is 0 Å². The van der Waals surface area contributed by atoms with Crippen LogP contribution in [0.1, 0.15) is 66.3 Å². The molecule has 1 amide bonds. The molecular weight excluding hydrogens is 438 g/mol. The van der Waals surface area contributed by atoms with E-state index in [1.165, 1.54) is 0 Å². The third kappa shape index (κ3) is 6.66. The fourth-order valence-electron chi connectivity index (χ4n) is 4.18. The van der Waals surface area contributed by atoms with E-state index in [1.54, 1.807) is 12.1 Å². The van der Waals surface area contributed by atoms with E-state index in [0.717, 1.165) is 40.7 Å². The first kappa shape index (κ1) is 25.9. The maximum Gasteiger partial charge on any atom is 0.303 e. The average Bonchev–Trinajstić information content (AvgIpc) is 2.86. The van der Waals surface area contributed by atoms with E-state index in [-0.39, 0.29) is 24.5 Å². The SMILES string of the molecule is CCc1c(-c2ccc(C(=O)CCC(=O)O)cc2)ccc(C(=O)NCCC(C)C)c1-c1ccccc1. The van der Waals surface area contributed by atoms with Crippen LogP contribution in [0.3, 0.4) is 0 Å². The van der Waals surface area contributed by atoms with Gasteiger partial charge in [-0.3, -0.25) is 14.4 Å². The number of ketones is 1. The van der Waals surface area contributed by atoms with Gasteiger partial charge in [-0.2, -0.15) is 0 Å². The lowest BCUT2D eigenvalue weighted by Crippen LogP contribution is -2.26. The fraction of sp³-hybridized carbons (Fsp3) is 0.300. The summed E-state index contributed by atoms with van der Waals surface area (Å²) in [6.45, 7) is 6.98. The summed E-state index contributed by atoms with van der Waals surface area (Å²) >= 11 is 0. The lowest BCUT2D eigenvalue weighted by Gasteiger charge is -2.19. The quantitative estimate of drug-likeness (QED) is 0.317. The summed E-state index contributed by atoms with van der Waals surface area (Å²) in [4.78, 5) is 36.3. The van der Waals surface area contributed by atoms with Gasteiger partial charge in [-0.1, -0.05) is 81.4 Å². The molecule has 0 atom stereocenters. The molecule has 0 aliphatic carbocycles. The van der Waals surface area contributed by atoms with Crippen LogP contribution in [0.4, 0.5) is 0 Å². The van der Waals surface area contributed by atoms with Crippen molar-refractivity contribution in [3.63, 3.8) is 0 Å². The van der Waals surface area contributed by atoms with Gasteiger partial charge in [0.15, 0.2) is 5.78 Å². The normalized spacial score (nSPS) is 10.9. The van der Waals surface area contributed by atoms with Crippen molar-refractivity contribution in [1.82, 2.24) is 5.32 Å². The molecule has 0 saturated heterocycles. The number of carboxylic acid groups (broad SMARTS) is 1. The van der Waals surface area contributed by atoms with Crippen LogP contribution in [0.25, 0.3) is 22.3 Å². The summed E-state index contributed by atoms with van der Waals surface area (Å²) in [7, 11) is 0. The van der Waals surface area contributed by atoms with Gasteiger partial charge in [0.2, 0.25) is 0 Å². The van der Waals surface area contributed by atoms with Crippen molar-refractivity contribution in [2.24, 2.45) is 5.92 Å². The van der Waals surface area contributed by atoms with Crippen molar-refractivity contribution in [3.05, 3.63) is 83.4 Å². The third-order valence-electron chi connectivity index (χ3n) is 6.06. The summed E-state index contributed by atoms with van der Waals surface area (Å²) in [5.74, 6) is -0.737. The highest BCUT2D eigenvalue weighted by Gasteiger charge is 2.20. The molecule has 35 heavy (non-hydrogen) atoms. The standard InChI is InChI=1S/C30H33NO4/c1-4-24-25(21-10-12-22(13-11-21)27(32)16-17-28(33)34)14-15-26(30(35)31-19-18-20(2)3)29(24)23-8-6-5-7-9-23/h5-15,20H,4,16-19H2,1-3H3,(H,31,35)(H,33,34). The summed E-state index contributed by atoms with van der Waals surface area (Å²) in [5.41, 5.74) is 6.08. The van der Waals surface area contributed by atoms with E-state index in [4.69, 9.17) is 5.11 Å². The molecule has 0 radical (unpaired) electrons. The molecule has 0 spiro atoms. The van der Waals surface area contributed by atoms with Gasteiger partial charge in [-0.15, -0.1) is 0 Å². The van der Waals surface area contributed by atoms with Crippen molar-refractivity contribution < 1.29 is 19.5 Å². The monoisotopic (exact) mass is 471 g/mol. The molecule has 182 valence electrons. The molecule has 0 fully saturated rings. The van der Waals surface area contributed by atoms with Crippen molar-refractivity contribution in [2.75, 3.05) is 6.54 Å². The van der Waals surface area contributed by atoms with Gasteiger partial charge < -0.3 is 10.4 Å². The highest BCUT2D eigenvalue weighted by molar-refractivity contribution is 6.03. The summed E-state index contributed by atoms with van der Waals surface area (Å²) in [6.07, 6.45) is 1.45. The highest BCUT2D eigenvalue weighted by atomic mass is 16.4.